The van der Waals surface area contributed by atoms with Crippen molar-refractivity contribution >= 4 is 17.3 Å². The molecule has 0 radical (unpaired) electrons. The first kappa shape index (κ1) is 18.4. The van der Waals surface area contributed by atoms with Crippen molar-refractivity contribution in [2.24, 2.45) is 4.99 Å². The Kier molecular flexibility index (Phi) is 7.71. The maximum atomic E-state index is 12.9. The highest BCUT2D eigenvalue weighted by Crippen LogP contribution is 2.08. The minimum Gasteiger partial charge on any atom is -0.356 e. The molecule has 2 N–H and O–H groups in total. The number of nitrogens with one attached hydrogen (secondary N) is 2. The lowest BCUT2D eigenvalue weighted by atomic mass is 10.2. The molecule has 24 heavy (non-hydrogen) atoms. The van der Waals surface area contributed by atoms with Crippen LogP contribution in [0.25, 0.3) is 0 Å². The molecule has 0 atom stereocenters. The number of rotatable bonds is 8. The van der Waals surface area contributed by atoms with Crippen molar-refractivity contribution in [2.45, 2.75) is 13.0 Å². The molecule has 6 heteroatoms. The quantitative estimate of drug-likeness (QED) is 0.569. The highest BCUT2D eigenvalue weighted by atomic mass is 32.1. The summed E-state index contributed by atoms with van der Waals surface area (Å²) in [7, 11) is 3.83. The van der Waals surface area contributed by atoms with Crippen LogP contribution >= 0.6 is 11.3 Å². The lowest BCUT2D eigenvalue weighted by molar-refractivity contribution is 0.331. The van der Waals surface area contributed by atoms with Crippen molar-refractivity contribution in [3.05, 3.63) is 58.0 Å². The SMILES string of the molecule is CN=C(NCCc1cccs1)NCCN(C)Cc1ccc(F)cc1. The second kappa shape index (κ2) is 10.1. The van der Waals surface area contributed by atoms with Gasteiger partial charge < -0.3 is 15.5 Å². The molecule has 1 aromatic heterocycles. The molecule has 1 aromatic carbocycles. The van der Waals surface area contributed by atoms with Crippen LogP contribution in [0.15, 0.2) is 46.8 Å². The van der Waals surface area contributed by atoms with Crippen LogP contribution in [0.2, 0.25) is 0 Å². The van der Waals surface area contributed by atoms with E-state index < -0.39 is 0 Å². The van der Waals surface area contributed by atoms with Gasteiger partial charge in [0.15, 0.2) is 5.96 Å². The Morgan fingerprint density at radius 2 is 1.92 bits per heavy atom. The van der Waals surface area contributed by atoms with Crippen molar-refractivity contribution in [2.75, 3.05) is 33.7 Å². The predicted octanol–water partition coefficient (Wildman–Crippen LogP) is 2.73. The van der Waals surface area contributed by atoms with Gasteiger partial charge >= 0.3 is 0 Å². The van der Waals surface area contributed by atoms with Gasteiger partial charge in [-0.3, -0.25) is 4.99 Å². The van der Waals surface area contributed by atoms with E-state index in [-0.39, 0.29) is 5.82 Å². The number of aliphatic imine (C=N–C) groups is 1. The monoisotopic (exact) mass is 348 g/mol. The van der Waals surface area contributed by atoms with Crippen LogP contribution < -0.4 is 10.6 Å². The van der Waals surface area contributed by atoms with Gasteiger partial charge in [0.25, 0.3) is 0 Å². The molecule has 0 aliphatic carbocycles. The highest BCUT2D eigenvalue weighted by molar-refractivity contribution is 7.09. The number of hydrogen-bond acceptors (Lipinski definition) is 3. The molecule has 2 aromatic rings. The molecule has 0 saturated carbocycles. The van der Waals surface area contributed by atoms with E-state index in [4.69, 9.17) is 0 Å². The van der Waals surface area contributed by atoms with E-state index in [9.17, 15) is 4.39 Å². The van der Waals surface area contributed by atoms with Gasteiger partial charge in [0.1, 0.15) is 5.82 Å². The second-order valence-corrected chi connectivity index (χ2v) is 6.65. The van der Waals surface area contributed by atoms with Gasteiger partial charge in [-0.15, -0.1) is 11.3 Å². The molecule has 4 nitrogen and oxygen atoms in total. The number of benzene rings is 1. The molecule has 0 spiro atoms. The molecule has 0 unspecified atom stereocenters. The Morgan fingerprint density at radius 3 is 2.58 bits per heavy atom. The Bertz CT molecular complexity index is 610. The molecule has 1 heterocycles. The summed E-state index contributed by atoms with van der Waals surface area (Å²) in [5.74, 6) is 0.627. The summed E-state index contributed by atoms with van der Waals surface area (Å²) in [5, 5.41) is 8.74. The minimum atomic E-state index is -0.194. The third-order valence-electron chi connectivity index (χ3n) is 3.62. The van der Waals surface area contributed by atoms with E-state index in [1.807, 2.05) is 12.1 Å². The van der Waals surface area contributed by atoms with Crippen molar-refractivity contribution in [1.29, 1.82) is 0 Å². The Balaban J connectivity index is 1.62. The molecule has 0 aliphatic heterocycles. The lowest BCUT2D eigenvalue weighted by Gasteiger charge is -2.18. The summed E-state index contributed by atoms with van der Waals surface area (Å²) in [5.41, 5.74) is 1.11. The molecule has 0 fully saturated rings. The van der Waals surface area contributed by atoms with Crippen LogP contribution in [0, 0.1) is 5.82 Å². The zero-order valence-corrected chi connectivity index (χ0v) is 15.1. The third kappa shape index (κ3) is 6.68. The maximum absolute atomic E-state index is 12.9. The number of hydrogen-bond donors (Lipinski definition) is 2. The summed E-state index contributed by atoms with van der Waals surface area (Å²) in [4.78, 5) is 7.80. The normalized spacial score (nSPS) is 11.8. The lowest BCUT2D eigenvalue weighted by Crippen LogP contribution is -2.41. The number of thiophene rings is 1. The van der Waals surface area contributed by atoms with Crippen molar-refractivity contribution in [1.82, 2.24) is 15.5 Å². The fourth-order valence-electron chi connectivity index (χ4n) is 2.33. The average molecular weight is 348 g/mol. The highest BCUT2D eigenvalue weighted by Gasteiger charge is 2.02. The topological polar surface area (TPSA) is 39.7 Å². The maximum Gasteiger partial charge on any atom is 0.191 e. The van der Waals surface area contributed by atoms with Gasteiger partial charge in [-0.25, -0.2) is 4.39 Å². The van der Waals surface area contributed by atoms with Crippen molar-refractivity contribution in [3.63, 3.8) is 0 Å². The Labute approximate surface area is 147 Å². The zero-order valence-electron chi connectivity index (χ0n) is 14.3. The van der Waals surface area contributed by atoms with E-state index in [0.29, 0.717) is 0 Å². The summed E-state index contributed by atoms with van der Waals surface area (Å²) >= 11 is 1.78. The Morgan fingerprint density at radius 1 is 1.17 bits per heavy atom. The molecular formula is C18H25FN4S. The molecule has 0 bridgehead atoms. The number of nitrogens with zero attached hydrogens (tertiary/aromatic N) is 2. The minimum absolute atomic E-state index is 0.194. The average Bonchev–Trinajstić information content (AvgIpc) is 3.09. The first-order valence-electron chi connectivity index (χ1n) is 8.07. The standard InChI is InChI=1S/C18H25FN4S/c1-20-18(21-10-9-17-4-3-13-24-17)22-11-12-23(2)14-15-5-7-16(19)8-6-15/h3-8,13H,9-12,14H2,1-2H3,(H2,20,21,22). The summed E-state index contributed by atoms with van der Waals surface area (Å²) in [6.07, 6.45) is 1.00. The molecule has 0 amide bonds. The zero-order chi connectivity index (χ0) is 17.2. The van der Waals surface area contributed by atoms with E-state index in [2.05, 4.69) is 45.1 Å². The molecule has 2 rings (SSSR count). The van der Waals surface area contributed by atoms with Crippen LogP contribution in [0.3, 0.4) is 0 Å². The summed E-state index contributed by atoms with van der Waals surface area (Å²) in [6.45, 7) is 3.34. The van der Waals surface area contributed by atoms with Crippen molar-refractivity contribution < 1.29 is 4.39 Å². The number of guanidine groups is 1. The van der Waals surface area contributed by atoms with Crippen LogP contribution in [0.5, 0.6) is 0 Å². The summed E-state index contributed by atoms with van der Waals surface area (Å²) in [6, 6.07) is 10.9. The third-order valence-corrected chi connectivity index (χ3v) is 4.56. The molecular weight excluding hydrogens is 323 g/mol. The molecule has 130 valence electrons. The van der Waals surface area contributed by atoms with Crippen molar-refractivity contribution in [3.8, 4) is 0 Å². The van der Waals surface area contributed by atoms with Gasteiger partial charge in [-0.05, 0) is 42.6 Å². The van der Waals surface area contributed by atoms with E-state index in [1.54, 1.807) is 18.4 Å². The van der Waals surface area contributed by atoms with Gasteiger partial charge in [-0.2, -0.15) is 0 Å². The van der Waals surface area contributed by atoms with Crippen LogP contribution in [0.1, 0.15) is 10.4 Å². The van der Waals surface area contributed by atoms with Crippen LogP contribution in [-0.4, -0.2) is 44.6 Å². The fraction of sp³-hybridized carbons (Fsp3) is 0.389. The first-order chi connectivity index (χ1) is 11.7. The smallest absolute Gasteiger partial charge is 0.191 e. The number of likely N-dealkylation sites (N-methyl/N-ethyl adjacent to an activating group) is 1. The number of halogens is 1. The largest absolute Gasteiger partial charge is 0.356 e. The summed E-state index contributed by atoms with van der Waals surface area (Å²) < 4.78 is 12.9. The van der Waals surface area contributed by atoms with E-state index in [0.717, 1.165) is 44.1 Å². The van der Waals surface area contributed by atoms with Crippen LogP contribution in [0.4, 0.5) is 4.39 Å². The predicted molar refractivity (Wildman–Crippen MR) is 100 cm³/mol. The van der Waals surface area contributed by atoms with Gasteiger partial charge in [0, 0.05) is 38.1 Å². The molecule has 0 saturated heterocycles. The Hall–Kier alpha value is -1.92. The second-order valence-electron chi connectivity index (χ2n) is 5.62. The van der Waals surface area contributed by atoms with Gasteiger partial charge in [0.05, 0.1) is 0 Å². The fourth-order valence-corrected chi connectivity index (χ4v) is 3.03. The van der Waals surface area contributed by atoms with E-state index >= 15 is 0 Å². The first-order valence-corrected chi connectivity index (χ1v) is 8.95. The van der Waals surface area contributed by atoms with E-state index in [1.165, 1.54) is 17.0 Å². The van der Waals surface area contributed by atoms with Crippen LogP contribution in [-0.2, 0) is 13.0 Å². The molecule has 0 aliphatic rings. The van der Waals surface area contributed by atoms with Gasteiger partial charge in [0.2, 0.25) is 0 Å². The van der Waals surface area contributed by atoms with Gasteiger partial charge in [-0.1, -0.05) is 18.2 Å².